The fourth-order valence-electron chi connectivity index (χ4n) is 4.71. The van der Waals surface area contributed by atoms with E-state index < -0.39 is 0 Å². The fourth-order valence-corrected chi connectivity index (χ4v) is 5.31. The van der Waals surface area contributed by atoms with Crippen molar-refractivity contribution >= 4 is 40.2 Å². The van der Waals surface area contributed by atoms with Crippen LogP contribution in [0.3, 0.4) is 0 Å². The Kier molecular flexibility index (Phi) is 6.23. The summed E-state index contributed by atoms with van der Waals surface area (Å²) in [7, 11) is 6.29. The molecular formula is C25H32ClN5S. The molecule has 0 aliphatic carbocycles. The Hall–Kier alpha value is -2.15. The van der Waals surface area contributed by atoms with E-state index in [-0.39, 0.29) is 17.6 Å². The van der Waals surface area contributed by atoms with Gasteiger partial charge in [0.25, 0.3) is 0 Å². The van der Waals surface area contributed by atoms with Crippen LogP contribution in [0, 0.1) is 0 Å². The number of benzene rings is 1. The molecule has 0 radical (unpaired) electrons. The summed E-state index contributed by atoms with van der Waals surface area (Å²) in [5, 5.41) is 5.03. The zero-order valence-electron chi connectivity index (χ0n) is 19.7. The molecule has 0 saturated carbocycles. The number of allylic oxidation sites excluding steroid dienone is 1. The van der Waals surface area contributed by atoms with Gasteiger partial charge < -0.3 is 20.0 Å². The Morgan fingerprint density at radius 1 is 1.25 bits per heavy atom. The lowest BCUT2D eigenvalue weighted by Crippen LogP contribution is -2.42. The van der Waals surface area contributed by atoms with Gasteiger partial charge in [0.1, 0.15) is 0 Å². The van der Waals surface area contributed by atoms with Gasteiger partial charge in [0.15, 0.2) is 5.11 Å². The molecule has 4 rings (SSSR count). The Morgan fingerprint density at radius 3 is 2.66 bits per heavy atom. The van der Waals surface area contributed by atoms with E-state index in [0.29, 0.717) is 0 Å². The number of hydrogen-bond donors (Lipinski definition) is 1. The molecule has 2 aliphatic heterocycles. The van der Waals surface area contributed by atoms with Crippen LogP contribution in [-0.2, 0) is 0 Å². The zero-order valence-corrected chi connectivity index (χ0v) is 21.3. The number of halogens is 1. The molecule has 1 aromatic heterocycles. The molecule has 5 nitrogen and oxygen atoms in total. The molecule has 1 fully saturated rings. The normalized spacial score (nSPS) is 22.1. The molecular weight excluding hydrogens is 438 g/mol. The quantitative estimate of drug-likeness (QED) is 0.627. The average molecular weight is 470 g/mol. The van der Waals surface area contributed by atoms with Crippen molar-refractivity contribution in [3.63, 3.8) is 0 Å². The highest BCUT2D eigenvalue weighted by atomic mass is 35.5. The SMILES string of the molecule is CC1=CC(C)(C)N(C)c2cc(Cl)c([C@@H]3[C@H](c4ccccn4)NC(=S)N3CCN(C)C)cc21. The van der Waals surface area contributed by atoms with Crippen LogP contribution in [0.1, 0.15) is 49.7 Å². The second-order valence-electron chi connectivity index (χ2n) is 9.55. The highest BCUT2D eigenvalue weighted by Crippen LogP contribution is 2.46. The van der Waals surface area contributed by atoms with Crippen LogP contribution in [0.5, 0.6) is 0 Å². The predicted molar refractivity (Wildman–Crippen MR) is 138 cm³/mol. The lowest BCUT2D eigenvalue weighted by molar-refractivity contribution is 0.278. The van der Waals surface area contributed by atoms with Crippen molar-refractivity contribution in [2.24, 2.45) is 0 Å². The summed E-state index contributed by atoms with van der Waals surface area (Å²) < 4.78 is 0. The fraction of sp³-hybridized carbons (Fsp3) is 0.440. The number of nitrogens with one attached hydrogen (secondary N) is 1. The van der Waals surface area contributed by atoms with Crippen LogP contribution >= 0.6 is 23.8 Å². The van der Waals surface area contributed by atoms with E-state index in [9.17, 15) is 0 Å². The van der Waals surface area contributed by atoms with Gasteiger partial charge in [-0.3, -0.25) is 4.98 Å². The zero-order chi connectivity index (χ0) is 23.2. The Balaban J connectivity index is 1.83. The molecule has 3 heterocycles. The first-order valence-electron chi connectivity index (χ1n) is 11.0. The molecule has 7 heteroatoms. The highest BCUT2D eigenvalue weighted by Gasteiger charge is 2.41. The summed E-state index contributed by atoms with van der Waals surface area (Å²) in [6.45, 7) is 8.33. The van der Waals surface area contributed by atoms with Crippen LogP contribution < -0.4 is 10.2 Å². The Labute approximate surface area is 202 Å². The van der Waals surface area contributed by atoms with Crippen molar-refractivity contribution in [1.82, 2.24) is 20.1 Å². The molecule has 0 bridgehead atoms. The molecule has 0 amide bonds. The molecule has 170 valence electrons. The van der Waals surface area contributed by atoms with Gasteiger partial charge in [-0.1, -0.05) is 23.7 Å². The molecule has 2 aromatic rings. The lowest BCUT2D eigenvalue weighted by atomic mass is 9.86. The molecule has 2 atom stereocenters. The van der Waals surface area contributed by atoms with Gasteiger partial charge in [-0.05, 0) is 82.5 Å². The second-order valence-corrected chi connectivity index (χ2v) is 10.3. The van der Waals surface area contributed by atoms with Gasteiger partial charge in [0, 0.05) is 42.6 Å². The summed E-state index contributed by atoms with van der Waals surface area (Å²) >= 11 is 12.8. The minimum Gasteiger partial charge on any atom is -0.365 e. The third kappa shape index (κ3) is 4.12. The number of nitrogens with zero attached hydrogens (tertiary/aromatic N) is 4. The molecule has 1 saturated heterocycles. The van der Waals surface area contributed by atoms with E-state index in [4.69, 9.17) is 23.8 Å². The summed E-state index contributed by atoms with van der Waals surface area (Å²) in [5.74, 6) is 0. The standard InChI is InChI=1S/C25H32ClN5S/c1-16-15-25(2,3)30(6)21-14-19(26)18(13-17(16)21)23-22(20-9-7-8-10-27-20)28-24(32)31(23)12-11-29(4)5/h7-10,13-15,22-23H,11-12H2,1-6H3,(H,28,32)/t22-,23+/m0/s1. The van der Waals surface area contributed by atoms with Gasteiger partial charge in [-0.2, -0.15) is 0 Å². The van der Waals surface area contributed by atoms with Gasteiger partial charge in [-0.15, -0.1) is 0 Å². The largest absolute Gasteiger partial charge is 0.365 e. The van der Waals surface area contributed by atoms with Crippen LogP contribution in [-0.4, -0.2) is 59.7 Å². The third-order valence-corrected chi connectivity index (χ3v) is 7.32. The van der Waals surface area contributed by atoms with E-state index in [1.807, 2.05) is 18.3 Å². The molecule has 1 aromatic carbocycles. The van der Waals surface area contributed by atoms with Crippen molar-refractivity contribution in [1.29, 1.82) is 0 Å². The topological polar surface area (TPSA) is 34.6 Å². The number of anilines is 1. The number of rotatable bonds is 5. The number of hydrogen-bond acceptors (Lipinski definition) is 4. The van der Waals surface area contributed by atoms with Gasteiger partial charge in [0.2, 0.25) is 0 Å². The summed E-state index contributed by atoms with van der Waals surface area (Å²) in [4.78, 5) is 11.4. The van der Waals surface area contributed by atoms with Crippen molar-refractivity contribution in [3.05, 3.63) is 64.4 Å². The number of thiocarbonyl (C=S) groups is 1. The monoisotopic (exact) mass is 469 g/mol. The van der Waals surface area contributed by atoms with Crippen LogP contribution in [0.15, 0.2) is 42.6 Å². The van der Waals surface area contributed by atoms with E-state index in [2.05, 4.69) is 91.2 Å². The third-order valence-electron chi connectivity index (χ3n) is 6.64. The maximum Gasteiger partial charge on any atom is 0.170 e. The van der Waals surface area contributed by atoms with Crippen LogP contribution in [0.2, 0.25) is 5.02 Å². The van der Waals surface area contributed by atoms with Gasteiger partial charge in [-0.25, -0.2) is 0 Å². The number of aromatic nitrogens is 1. The van der Waals surface area contributed by atoms with E-state index in [1.165, 1.54) is 11.1 Å². The van der Waals surface area contributed by atoms with Gasteiger partial charge in [0.05, 0.1) is 23.3 Å². The molecule has 32 heavy (non-hydrogen) atoms. The van der Waals surface area contributed by atoms with Gasteiger partial charge >= 0.3 is 0 Å². The van der Waals surface area contributed by atoms with E-state index in [0.717, 1.165) is 40.2 Å². The van der Waals surface area contributed by atoms with Crippen LogP contribution in [0.25, 0.3) is 5.57 Å². The minimum absolute atomic E-state index is 0.0387. The van der Waals surface area contributed by atoms with E-state index >= 15 is 0 Å². The molecule has 1 N–H and O–H groups in total. The number of likely N-dealkylation sites (N-methyl/N-ethyl adjacent to an activating group) is 2. The summed E-state index contributed by atoms with van der Waals surface area (Å²) in [6, 6.07) is 10.3. The predicted octanol–water partition coefficient (Wildman–Crippen LogP) is 4.90. The van der Waals surface area contributed by atoms with Crippen molar-refractivity contribution < 1.29 is 0 Å². The number of fused-ring (bicyclic) bond motifs is 1. The highest BCUT2D eigenvalue weighted by molar-refractivity contribution is 7.80. The van der Waals surface area contributed by atoms with E-state index in [1.54, 1.807) is 0 Å². The maximum absolute atomic E-state index is 7.00. The number of pyridine rings is 1. The molecule has 0 spiro atoms. The lowest BCUT2D eigenvalue weighted by Gasteiger charge is -2.41. The molecule has 2 aliphatic rings. The first-order chi connectivity index (χ1) is 15.1. The minimum atomic E-state index is -0.0662. The smallest absolute Gasteiger partial charge is 0.170 e. The second kappa shape index (κ2) is 8.65. The van der Waals surface area contributed by atoms with Crippen molar-refractivity contribution in [2.75, 3.05) is 39.1 Å². The average Bonchev–Trinajstić information content (AvgIpc) is 3.06. The first kappa shape index (κ1) is 23.0. The Bertz CT molecular complexity index is 1050. The summed E-state index contributed by atoms with van der Waals surface area (Å²) in [6.07, 6.45) is 4.16. The first-order valence-corrected chi connectivity index (χ1v) is 11.8. The van der Waals surface area contributed by atoms with Crippen molar-refractivity contribution in [2.45, 2.75) is 38.4 Å². The summed E-state index contributed by atoms with van der Waals surface area (Å²) in [5.41, 5.74) is 5.62. The van der Waals surface area contributed by atoms with Crippen LogP contribution in [0.4, 0.5) is 5.69 Å². The Morgan fingerprint density at radius 2 is 2.00 bits per heavy atom. The maximum atomic E-state index is 7.00. The molecule has 0 unspecified atom stereocenters. The van der Waals surface area contributed by atoms with Crippen molar-refractivity contribution in [3.8, 4) is 0 Å².